The number of carbonyl (C=O) groups is 1. The Bertz CT molecular complexity index is 916. The first-order valence-electron chi connectivity index (χ1n) is 8.18. The molecule has 3 aromatic rings. The molecule has 3 heterocycles. The first-order chi connectivity index (χ1) is 11.3. The van der Waals surface area contributed by atoms with Crippen molar-refractivity contribution in [1.29, 1.82) is 0 Å². The normalized spacial score (nSPS) is 26.2. The fraction of sp³-hybridized carbons (Fsp3) is 0.333. The summed E-state index contributed by atoms with van der Waals surface area (Å²) in [5.41, 5.74) is 2.58. The molecule has 5 heteroatoms. The summed E-state index contributed by atoms with van der Waals surface area (Å²) in [4.78, 5) is 16.9. The van der Waals surface area contributed by atoms with Crippen molar-refractivity contribution in [2.45, 2.75) is 24.9 Å². The van der Waals surface area contributed by atoms with E-state index in [1.54, 1.807) is 6.20 Å². The van der Waals surface area contributed by atoms with Gasteiger partial charge in [0.1, 0.15) is 5.69 Å². The molecule has 23 heavy (non-hydrogen) atoms. The molecule has 116 valence electrons. The summed E-state index contributed by atoms with van der Waals surface area (Å²) in [6, 6.07) is 10.9. The number of hydrogen-bond donors (Lipinski definition) is 2. The molecule has 5 rings (SSSR count). The fourth-order valence-electron chi connectivity index (χ4n) is 4.10. The number of nitrogens with zero attached hydrogens (tertiary/aromatic N) is 2. The Labute approximate surface area is 133 Å². The fourth-order valence-corrected chi connectivity index (χ4v) is 4.10. The SMILES string of the molecule is O=C(NC1CC2CNC1C2)c1cn2c(cn1)cc1ccccc12. The molecule has 3 unspecified atom stereocenters. The average molecular weight is 306 g/mol. The number of hydrogen-bond acceptors (Lipinski definition) is 3. The molecular weight excluding hydrogens is 288 g/mol. The van der Waals surface area contributed by atoms with Gasteiger partial charge in [-0.1, -0.05) is 18.2 Å². The quantitative estimate of drug-likeness (QED) is 0.761. The summed E-state index contributed by atoms with van der Waals surface area (Å²) in [7, 11) is 0. The van der Waals surface area contributed by atoms with Gasteiger partial charge in [0.15, 0.2) is 0 Å². The lowest BCUT2D eigenvalue weighted by Crippen LogP contribution is -2.48. The molecule has 2 N–H and O–H groups in total. The van der Waals surface area contributed by atoms with Gasteiger partial charge in [-0.15, -0.1) is 0 Å². The summed E-state index contributed by atoms with van der Waals surface area (Å²) in [5, 5.41) is 7.78. The van der Waals surface area contributed by atoms with Crippen LogP contribution in [-0.4, -0.2) is 33.9 Å². The van der Waals surface area contributed by atoms with E-state index in [0.29, 0.717) is 17.7 Å². The van der Waals surface area contributed by atoms with Crippen LogP contribution in [0, 0.1) is 5.92 Å². The molecule has 2 aliphatic rings. The van der Waals surface area contributed by atoms with Crippen LogP contribution < -0.4 is 10.6 Å². The van der Waals surface area contributed by atoms with Crippen LogP contribution in [0.3, 0.4) is 0 Å². The molecule has 1 amide bonds. The van der Waals surface area contributed by atoms with Crippen LogP contribution in [0.1, 0.15) is 23.3 Å². The van der Waals surface area contributed by atoms with Gasteiger partial charge in [-0.2, -0.15) is 0 Å². The van der Waals surface area contributed by atoms with Gasteiger partial charge in [0, 0.05) is 23.7 Å². The van der Waals surface area contributed by atoms with E-state index in [9.17, 15) is 4.79 Å². The molecule has 2 aromatic heterocycles. The number of nitrogens with one attached hydrogen (secondary N) is 2. The zero-order valence-corrected chi connectivity index (χ0v) is 12.7. The molecule has 1 saturated heterocycles. The third-order valence-electron chi connectivity index (χ3n) is 5.24. The van der Waals surface area contributed by atoms with E-state index in [2.05, 4.69) is 33.8 Å². The van der Waals surface area contributed by atoms with Crippen LogP contribution in [0.15, 0.2) is 42.7 Å². The number of fused-ring (bicyclic) bond motifs is 5. The summed E-state index contributed by atoms with van der Waals surface area (Å²) in [6.45, 7) is 1.09. The molecule has 1 aromatic carbocycles. The Morgan fingerprint density at radius 2 is 2.22 bits per heavy atom. The van der Waals surface area contributed by atoms with Gasteiger partial charge in [0.2, 0.25) is 0 Å². The molecule has 0 spiro atoms. The highest BCUT2D eigenvalue weighted by atomic mass is 16.2. The van der Waals surface area contributed by atoms with E-state index in [4.69, 9.17) is 0 Å². The third kappa shape index (κ3) is 2.04. The van der Waals surface area contributed by atoms with Crippen LogP contribution in [0.2, 0.25) is 0 Å². The Morgan fingerprint density at radius 3 is 3.04 bits per heavy atom. The van der Waals surface area contributed by atoms with Crippen LogP contribution in [-0.2, 0) is 0 Å². The van der Waals surface area contributed by atoms with Crippen molar-refractivity contribution in [3.05, 3.63) is 48.4 Å². The van der Waals surface area contributed by atoms with Gasteiger partial charge in [-0.3, -0.25) is 4.79 Å². The van der Waals surface area contributed by atoms with Crippen LogP contribution >= 0.6 is 0 Å². The van der Waals surface area contributed by atoms with Crippen molar-refractivity contribution in [2.24, 2.45) is 5.92 Å². The number of piperidine rings is 1. The predicted molar refractivity (Wildman–Crippen MR) is 88.5 cm³/mol. The standard InChI is InChI=1S/C18H18N4O/c23-18(21-15-6-11-5-14(15)19-8-11)16-10-22-13(9-20-16)7-12-3-1-2-4-17(12)22/h1-4,7,9-11,14-15,19H,5-6,8H2,(H,21,23). The monoisotopic (exact) mass is 306 g/mol. The second kappa shape index (κ2) is 4.80. The zero-order valence-electron chi connectivity index (χ0n) is 12.7. The lowest BCUT2D eigenvalue weighted by molar-refractivity contribution is 0.0923. The molecule has 1 saturated carbocycles. The van der Waals surface area contributed by atoms with Crippen molar-refractivity contribution in [2.75, 3.05) is 6.54 Å². The minimum atomic E-state index is -0.0796. The Morgan fingerprint density at radius 1 is 1.30 bits per heavy atom. The summed E-state index contributed by atoms with van der Waals surface area (Å²) < 4.78 is 2.04. The van der Waals surface area contributed by atoms with Crippen LogP contribution in [0.25, 0.3) is 16.4 Å². The summed E-state index contributed by atoms with van der Waals surface area (Å²) >= 11 is 0. The summed E-state index contributed by atoms with van der Waals surface area (Å²) in [6.07, 6.45) is 5.87. The molecule has 2 fully saturated rings. The minimum absolute atomic E-state index is 0.0796. The van der Waals surface area contributed by atoms with E-state index in [0.717, 1.165) is 29.4 Å². The highest BCUT2D eigenvalue weighted by molar-refractivity contribution is 5.94. The average Bonchev–Trinajstić information content (AvgIpc) is 3.27. The van der Waals surface area contributed by atoms with E-state index >= 15 is 0 Å². The molecule has 3 atom stereocenters. The third-order valence-corrected chi connectivity index (χ3v) is 5.24. The number of carbonyl (C=O) groups excluding carboxylic acids is 1. The Kier molecular flexibility index (Phi) is 2.73. The van der Waals surface area contributed by atoms with Crippen molar-refractivity contribution in [3.63, 3.8) is 0 Å². The van der Waals surface area contributed by atoms with Crippen molar-refractivity contribution in [3.8, 4) is 0 Å². The maximum absolute atomic E-state index is 12.6. The second-order valence-corrected chi connectivity index (χ2v) is 6.70. The topological polar surface area (TPSA) is 58.4 Å². The maximum atomic E-state index is 12.6. The van der Waals surface area contributed by atoms with E-state index < -0.39 is 0 Å². The molecular formula is C18H18N4O. The molecule has 2 bridgehead atoms. The number of rotatable bonds is 2. The number of amides is 1. The Hall–Kier alpha value is -2.40. The van der Waals surface area contributed by atoms with Crippen molar-refractivity contribution >= 4 is 22.3 Å². The first kappa shape index (κ1) is 13.1. The highest BCUT2D eigenvalue weighted by Gasteiger charge is 2.40. The number of benzene rings is 1. The first-order valence-corrected chi connectivity index (χ1v) is 8.18. The largest absolute Gasteiger partial charge is 0.346 e. The zero-order chi connectivity index (χ0) is 15.4. The maximum Gasteiger partial charge on any atom is 0.271 e. The second-order valence-electron chi connectivity index (χ2n) is 6.70. The lowest BCUT2D eigenvalue weighted by Gasteiger charge is -2.23. The molecule has 0 radical (unpaired) electrons. The molecule has 1 aliphatic heterocycles. The van der Waals surface area contributed by atoms with Crippen molar-refractivity contribution in [1.82, 2.24) is 20.0 Å². The lowest BCUT2D eigenvalue weighted by atomic mass is 10.1. The van der Waals surface area contributed by atoms with Crippen LogP contribution in [0.4, 0.5) is 0 Å². The van der Waals surface area contributed by atoms with Crippen molar-refractivity contribution < 1.29 is 4.79 Å². The molecule has 5 nitrogen and oxygen atoms in total. The number of aromatic nitrogens is 2. The van der Waals surface area contributed by atoms with Gasteiger partial charge in [0.25, 0.3) is 5.91 Å². The number of para-hydroxylation sites is 1. The Balaban J connectivity index is 1.47. The van der Waals surface area contributed by atoms with Gasteiger partial charge < -0.3 is 15.0 Å². The van der Waals surface area contributed by atoms with E-state index in [1.165, 1.54) is 6.42 Å². The van der Waals surface area contributed by atoms with Gasteiger partial charge >= 0.3 is 0 Å². The van der Waals surface area contributed by atoms with E-state index in [1.807, 2.05) is 22.7 Å². The van der Waals surface area contributed by atoms with Crippen LogP contribution in [0.5, 0.6) is 0 Å². The van der Waals surface area contributed by atoms with E-state index in [-0.39, 0.29) is 11.9 Å². The summed E-state index contributed by atoms with van der Waals surface area (Å²) in [5.74, 6) is 0.637. The van der Waals surface area contributed by atoms with Gasteiger partial charge in [-0.05, 0) is 37.4 Å². The molecule has 1 aliphatic carbocycles. The van der Waals surface area contributed by atoms with Gasteiger partial charge in [0.05, 0.1) is 17.2 Å². The predicted octanol–water partition coefficient (Wildman–Crippen LogP) is 1.97. The smallest absolute Gasteiger partial charge is 0.271 e. The minimum Gasteiger partial charge on any atom is -0.346 e. The highest BCUT2D eigenvalue weighted by Crippen LogP contribution is 2.31. The van der Waals surface area contributed by atoms with Gasteiger partial charge in [-0.25, -0.2) is 4.98 Å².